The maximum Gasteiger partial charge on any atom is 0.0473 e. The van der Waals surface area contributed by atoms with Gasteiger partial charge in [0.15, 0.2) is 0 Å². The fourth-order valence-corrected chi connectivity index (χ4v) is 1.97. The molecule has 0 radical (unpaired) electrons. The van der Waals surface area contributed by atoms with Crippen LogP contribution in [0.3, 0.4) is 0 Å². The molecule has 0 aromatic heterocycles. The molecule has 1 aliphatic carbocycles. The minimum atomic E-state index is 0.0961. The van der Waals surface area contributed by atoms with Crippen LogP contribution in [0.5, 0.6) is 0 Å². The first-order valence-corrected chi connectivity index (χ1v) is 4.74. The summed E-state index contributed by atoms with van der Waals surface area (Å²) in [4.78, 5) is 0. The normalized spacial score (nSPS) is 31.4. The van der Waals surface area contributed by atoms with Gasteiger partial charge in [-0.2, -0.15) is 0 Å². The molecule has 1 aliphatic rings. The van der Waals surface area contributed by atoms with E-state index in [0.717, 1.165) is 12.1 Å². The van der Waals surface area contributed by atoms with Crippen molar-refractivity contribution in [3.05, 3.63) is 11.3 Å². The molecular weight excluding hydrogens is 148 g/mol. The molecule has 0 aliphatic heterocycles. The summed E-state index contributed by atoms with van der Waals surface area (Å²) in [5, 5.41) is 0. The van der Waals surface area contributed by atoms with Crippen LogP contribution in [0.15, 0.2) is 11.3 Å². The average Bonchev–Trinajstić information content (AvgIpc) is 2.00. The Morgan fingerprint density at radius 1 is 1.42 bits per heavy atom. The van der Waals surface area contributed by atoms with Crippen LogP contribution in [0.2, 0.25) is 0 Å². The molecular formula is C10H20N2. The molecule has 0 bridgehead atoms. The van der Waals surface area contributed by atoms with Crippen molar-refractivity contribution >= 4 is 0 Å². The summed E-state index contributed by atoms with van der Waals surface area (Å²) in [5.74, 6) is 1.22. The molecule has 4 N–H and O–H groups in total. The highest BCUT2D eigenvalue weighted by Crippen LogP contribution is 2.30. The fourth-order valence-electron chi connectivity index (χ4n) is 1.97. The predicted molar refractivity (Wildman–Crippen MR) is 52.4 cm³/mol. The van der Waals surface area contributed by atoms with E-state index in [0.29, 0.717) is 11.8 Å². The standard InChI is InChI=1S/C10H20N2/c1-6(2)8-5-4-7(3)9(11)10(8)12/h6,8,10H,4-5,11-12H2,1-3H3. The molecule has 12 heavy (non-hydrogen) atoms. The van der Waals surface area contributed by atoms with Crippen molar-refractivity contribution in [1.29, 1.82) is 0 Å². The lowest BCUT2D eigenvalue weighted by Crippen LogP contribution is -2.41. The Morgan fingerprint density at radius 2 is 2.00 bits per heavy atom. The first kappa shape index (κ1) is 9.59. The van der Waals surface area contributed by atoms with E-state index in [1.54, 1.807) is 0 Å². The molecule has 0 aromatic rings. The number of hydrogen-bond donors (Lipinski definition) is 2. The first-order valence-electron chi connectivity index (χ1n) is 4.74. The van der Waals surface area contributed by atoms with Gasteiger partial charge in [0, 0.05) is 11.7 Å². The molecule has 0 saturated carbocycles. The van der Waals surface area contributed by atoms with E-state index in [1.165, 1.54) is 12.0 Å². The van der Waals surface area contributed by atoms with Gasteiger partial charge in [0.25, 0.3) is 0 Å². The van der Waals surface area contributed by atoms with Gasteiger partial charge < -0.3 is 11.5 Å². The number of allylic oxidation sites excluding steroid dienone is 1. The molecule has 0 fully saturated rings. The fraction of sp³-hybridized carbons (Fsp3) is 0.800. The smallest absolute Gasteiger partial charge is 0.0473 e. The van der Waals surface area contributed by atoms with Gasteiger partial charge in [-0.1, -0.05) is 19.4 Å². The summed E-state index contributed by atoms with van der Waals surface area (Å²) < 4.78 is 0. The highest BCUT2D eigenvalue weighted by molar-refractivity contribution is 5.19. The molecule has 2 heteroatoms. The third-order valence-corrected chi connectivity index (χ3v) is 3.02. The Bertz CT molecular complexity index is 194. The van der Waals surface area contributed by atoms with Crippen molar-refractivity contribution in [2.75, 3.05) is 0 Å². The zero-order valence-electron chi connectivity index (χ0n) is 8.30. The third-order valence-electron chi connectivity index (χ3n) is 3.02. The highest BCUT2D eigenvalue weighted by atomic mass is 14.8. The zero-order chi connectivity index (χ0) is 9.30. The lowest BCUT2D eigenvalue weighted by atomic mass is 9.78. The molecule has 2 unspecified atom stereocenters. The summed E-state index contributed by atoms with van der Waals surface area (Å²) in [6.07, 6.45) is 2.33. The van der Waals surface area contributed by atoms with Gasteiger partial charge in [-0.15, -0.1) is 0 Å². The molecule has 0 heterocycles. The van der Waals surface area contributed by atoms with E-state index in [1.807, 2.05) is 0 Å². The van der Waals surface area contributed by atoms with Crippen LogP contribution in [0.25, 0.3) is 0 Å². The van der Waals surface area contributed by atoms with Gasteiger partial charge in [-0.25, -0.2) is 0 Å². The van der Waals surface area contributed by atoms with Crippen LogP contribution >= 0.6 is 0 Å². The van der Waals surface area contributed by atoms with E-state index in [4.69, 9.17) is 11.5 Å². The van der Waals surface area contributed by atoms with Crippen LogP contribution in [0, 0.1) is 11.8 Å². The summed E-state index contributed by atoms with van der Waals surface area (Å²) in [6, 6.07) is 0.0961. The largest absolute Gasteiger partial charge is 0.401 e. The van der Waals surface area contributed by atoms with Crippen LogP contribution in [0.1, 0.15) is 33.6 Å². The van der Waals surface area contributed by atoms with Gasteiger partial charge in [-0.05, 0) is 31.6 Å². The molecule has 0 saturated heterocycles. The topological polar surface area (TPSA) is 52.0 Å². The maximum atomic E-state index is 6.03. The van der Waals surface area contributed by atoms with Crippen LogP contribution in [0.4, 0.5) is 0 Å². The van der Waals surface area contributed by atoms with Crippen molar-refractivity contribution in [3.63, 3.8) is 0 Å². The zero-order valence-corrected chi connectivity index (χ0v) is 8.30. The van der Waals surface area contributed by atoms with Gasteiger partial charge >= 0.3 is 0 Å². The third kappa shape index (κ3) is 1.63. The van der Waals surface area contributed by atoms with Crippen molar-refractivity contribution in [1.82, 2.24) is 0 Å². The van der Waals surface area contributed by atoms with Gasteiger partial charge in [-0.3, -0.25) is 0 Å². The Morgan fingerprint density at radius 3 is 2.50 bits per heavy atom. The number of hydrogen-bond acceptors (Lipinski definition) is 2. The monoisotopic (exact) mass is 168 g/mol. The summed E-state index contributed by atoms with van der Waals surface area (Å²) >= 11 is 0. The van der Waals surface area contributed by atoms with Gasteiger partial charge in [0.2, 0.25) is 0 Å². The molecule has 0 spiro atoms. The second kappa shape index (κ2) is 3.48. The Kier molecular flexibility index (Phi) is 2.78. The first-order chi connectivity index (χ1) is 5.54. The van der Waals surface area contributed by atoms with E-state index in [9.17, 15) is 0 Å². The van der Waals surface area contributed by atoms with E-state index in [2.05, 4.69) is 20.8 Å². The van der Waals surface area contributed by atoms with E-state index in [-0.39, 0.29) is 6.04 Å². The van der Waals surface area contributed by atoms with Crippen molar-refractivity contribution < 1.29 is 0 Å². The molecule has 2 atom stereocenters. The van der Waals surface area contributed by atoms with E-state index >= 15 is 0 Å². The Hall–Kier alpha value is -0.500. The summed E-state index contributed by atoms with van der Waals surface area (Å²) in [6.45, 7) is 6.53. The van der Waals surface area contributed by atoms with Crippen LogP contribution in [-0.2, 0) is 0 Å². The van der Waals surface area contributed by atoms with Gasteiger partial charge in [0.1, 0.15) is 0 Å². The second-order valence-electron chi connectivity index (χ2n) is 4.21. The SMILES string of the molecule is CC1=C(N)C(N)C(C(C)C)CC1. The summed E-state index contributed by atoms with van der Waals surface area (Å²) in [5.41, 5.74) is 14.2. The Balaban J connectivity index is 2.76. The lowest BCUT2D eigenvalue weighted by Gasteiger charge is -2.33. The molecule has 2 nitrogen and oxygen atoms in total. The van der Waals surface area contributed by atoms with Crippen molar-refractivity contribution in [2.24, 2.45) is 23.3 Å². The predicted octanol–water partition coefficient (Wildman–Crippen LogP) is 1.61. The van der Waals surface area contributed by atoms with Crippen molar-refractivity contribution in [2.45, 2.75) is 39.7 Å². The van der Waals surface area contributed by atoms with Gasteiger partial charge in [0.05, 0.1) is 0 Å². The minimum absolute atomic E-state index is 0.0961. The second-order valence-corrected chi connectivity index (χ2v) is 4.21. The molecule has 0 aromatic carbocycles. The number of rotatable bonds is 1. The number of nitrogens with two attached hydrogens (primary N) is 2. The minimum Gasteiger partial charge on any atom is -0.401 e. The maximum absolute atomic E-state index is 6.03. The lowest BCUT2D eigenvalue weighted by molar-refractivity contribution is 0.303. The van der Waals surface area contributed by atoms with Crippen LogP contribution < -0.4 is 11.5 Å². The van der Waals surface area contributed by atoms with Crippen LogP contribution in [-0.4, -0.2) is 6.04 Å². The molecule has 70 valence electrons. The van der Waals surface area contributed by atoms with E-state index < -0.39 is 0 Å². The van der Waals surface area contributed by atoms with Crippen molar-refractivity contribution in [3.8, 4) is 0 Å². The highest BCUT2D eigenvalue weighted by Gasteiger charge is 2.27. The average molecular weight is 168 g/mol. The quantitative estimate of drug-likeness (QED) is 0.625. The Labute approximate surface area is 75.0 Å². The molecule has 1 rings (SSSR count). The summed E-state index contributed by atoms with van der Waals surface area (Å²) in [7, 11) is 0. The molecule has 0 amide bonds.